The van der Waals surface area contributed by atoms with Gasteiger partial charge in [-0.2, -0.15) is 0 Å². The number of ether oxygens (including phenoxy) is 1. The van der Waals surface area contributed by atoms with Gasteiger partial charge in [-0.05, 0) is 57.7 Å². The van der Waals surface area contributed by atoms with E-state index in [0.29, 0.717) is 10.0 Å². The first-order chi connectivity index (χ1) is 11.5. The summed E-state index contributed by atoms with van der Waals surface area (Å²) in [4.78, 5) is 25.6. The van der Waals surface area contributed by atoms with Gasteiger partial charge in [-0.25, -0.2) is 9.18 Å². The van der Waals surface area contributed by atoms with Crippen LogP contribution in [0, 0.1) is 11.2 Å². The molecule has 0 radical (unpaired) electrons. The van der Waals surface area contributed by atoms with Crippen LogP contribution in [0.2, 0.25) is 0 Å². The number of halogens is 2. The zero-order valence-corrected chi connectivity index (χ0v) is 16.2. The molecular weight excluding hydrogens is 393 g/mol. The first-order valence-electron chi connectivity index (χ1n) is 8.18. The summed E-state index contributed by atoms with van der Waals surface area (Å²) in [7, 11) is 0. The summed E-state index contributed by atoms with van der Waals surface area (Å²) in [6, 6.07) is 4.63. The number of hydrogen-bond acceptors (Lipinski definition) is 3. The number of piperidine rings is 1. The molecule has 0 spiro atoms. The third-order valence-corrected chi connectivity index (χ3v) is 4.86. The number of carbonyl (C=O) groups excluding carboxylic acids is 1. The van der Waals surface area contributed by atoms with Gasteiger partial charge in [-0.15, -0.1) is 0 Å². The molecule has 0 unspecified atom stereocenters. The number of likely N-dealkylation sites (tertiary alicyclic amines) is 1. The number of carbonyl (C=O) groups is 2. The molecule has 1 N–H and O–H groups in total. The Kier molecular flexibility index (Phi) is 5.76. The van der Waals surface area contributed by atoms with E-state index >= 15 is 0 Å². The van der Waals surface area contributed by atoms with Gasteiger partial charge in [0.25, 0.3) is 0 Å². The molecule has 1 aromatic rings. The zero-order chi connectivity index (χ0) is 18.8. The summed E-state index contributed by atoms with van der Waals surface area (Å²) < 4.78 is 20.1. The van der Waals surface area contributed by atoms with Gasteiger partial charge in [0.05, 0.1) is 5.41 Å². The molecule has 1 aliphatic heterocycles. The first-order valence-corrected chi connectivity index (χ1v) is 8.97. The summed E-state index contributed by atoms with van der Waals surface area (Å²) in [5.41, 5.74) is -1.30. The first kappa shape index (κ1) is 19.7. The van der Waals surface area contributed by atoms with E-state index in [1.807, 2.05) is 0 Å². The van der Waals surface area contributed by atoms with Gasteiger partial charge >= 0.3 is 12.1 Å². The van der Waals surface area contributed by atoms with Crippen molar-refractivity contribution in [1.82, 2.24) is 4.90 Å². The normalized spacial score (nSPS) is 17.2. The predicted molar refractivity (Wildman–Crippen MR) is 94.9 cm³/mol. The number of hydrogen-bond donors (Lipinski definition) is 1. The van der Waals surface area contributed by atoms with E-state index in [0.717, 1.165) is 0 Å². The number of rotatable bonds is 3. The maximum Gasteiger partial charge on any atom is 0.410 e. The number of aliphatic carboxylic acids is 1. The quantitative estimate of drug-likeness (QED) is 0.801. The van der Waals surface area contributed by atoms with Crippen LogP contribution in [0.4, 0.5) is 9.18 Å². The Balaban J connectivity index is 2.10. The number of nitrogens with zero attached hydrogens (tertiary/aromatic N) is 1. The van der Waals surface area contributed by atoms with Gasteiger partial charge in [0.15, 0.2) is 0 Å². The molecule has 7 heteroatoms. The number of benzene rings is 1. The second-order valence-corrected chi connectivity index (χ2v) is 8.38. The molecule has 5 nitrogen and oxygen atoms in total. The maximum absolute atomic E-state index is 14.1. The molecule has 1 amide bonds. The fourth-order valence-corrected chi connectivity index (χ4v) is 3.27. The Morgan fingerprint density at radius 2 is 1.92 bits per heavy atom. The second kappa shape index (κ2) is 7.32. The van der Waals surface area contributed by atoms with E-state index in [-0.39, 0.29) is 32.4 Å². The molecule has 0 atom stereocenters. The average molecular weight is 416 g/mol. The van der Waals surface area contributed by atoms with E-state index in [1.54, 1.807) is 32.9 Å². The molecule has 138 valence electrons. The number of carboxylic acid groups (broad SMARTS) is 1. The molecule has 1 aliphatic rings. The lowest BCUT2D eigenvalue weighted by molar-refractivity contribution is -0.152. The highest BCUT2D eigenvalue weighted by molar-refractivity contribution is 9.10. The third-order valence-electron chi connectivity index (χ3n) is 4.37. The number of amides is 1. The molecule has 25 heavy (non-hydrogen) atoms. The summed E-state index contributed by atoms with van der Waals surface area (Å²) in [6.07, 6.45) is 0.180. The van der Waals surface area contributed by atoms with Crippen molar-refractivity contribution in [3.05, 3.63) is 34.1 Å². The van der Waals surface area contributed by atoms with E-state index in [2.05, 4.69) is 15.9 Å². The molecule has 1 saturated heterocycles. The van der Waals surface area contributed by atoms with Crippen LogP contribution in [-0.2, 0) is 16.0 Å². The number of carboxylic acids is 1. The summed E-state index contributed by atoms with van der Waals surface area (Å²) in [5, 5.41) is 9.74. The highest BCUT2D eigenvalue weighted by Gasteiger charge is 2.43. The minimum absolute atomic E-state index is 0.101. The van der Waals surface area contributed by atoms with E-state index in [1.165, 1.54) is 11.0 Å². The van der Waals surface area contributed by atoms with Crippen molar-refractivity contribution in [3.63, 3.8) is 0 Å². The van der Waals surface area contributed by atoms with Crippen molar-refractivity contribution >= 4 is 28.0 Å². The monoisotopic (exact) mass is 415 g/mol. The largest absolute Gasteiger partial charge is 0.481 e. The topological polar surface area (TPSA) is 66.8 Å². The van der Waals surface area contributed by atoms with Crippen LogP contribution in [0.25, 0.3) is 0 Å². The van der Waals surface area contributed by atoms with Crippen LogP contribution in [-0.4, -0.2) is 40.8 Å². The lowest BCUT2D eigenvalue weighted by Crippen LogP contribution is -2.48. The molecule has 1 heterocycles. The van der Waals surface area contributed by atoms with Gasteiger partial charge in [-0.1, -0.05) is 22.0 Å². The summed E-state index contributed by atoms with van der Waals surface area (Å²) >= 11 is 3.20. The molecule has 1 aromatic carbocycles. The summed E-state index contributed by atoms with van der Waals surface area (Å²) in [6.45, 7) is 5.91. The third kappa shape index (κ3) is 4.93. The van der Waals surface area contributed by atoms with E-state index < -0.39 is 28.9 Å². The van der Waals surface area contributed by atoms with Gasteiger partial charge < -0.3 is 14.7 Å². The van der Waals surface area contributed by atoms with Gasteiger partial charge in [0, 0.05) is 17.6 Å². The molecule has 0 bridgehead atoms. The molecule has 0 aliphatic carbocycles. The fraction of sp³-hybridized carbons (Fsp3) is 0.556. The zero-order valence-electron chi connectivity index (χ0n) is 14.6. The lowest BCUT2D eigenvalue weighted by Gasteiger charge is -2.39. The average Bonchev–Trinajstić information content (AvgIpc) is 2.49. The van der Waals surface area contributed by atoms with Crippen molar-refractivity contribution < 1.29 is 23.8 Å². The lowest BCUT2D eigenvalue weighted by atomic mass is 9.74. The van der Waals surface area contributed by atoms with E-state index in [4.69, 9.17) is 4.74 Å². The minimum atomic E-state index is -1.08. The highest BCUT2D eigenvalue weighted by Crippen LogP contribution is 2.37. The van der Waals surface area contributed by atoms with Crippen LogP contribution >= 0.6 is 15.9 Å². The van der Waals surface area contributed by atoms with Crippen molar-refractivity contribution in [3.8, 4) is 0 Å². The van der Waals surface area contributed by atoms with Crippen LogP contribution in [0.3, 0.4) is 0 Å². The fourth-order valence-electron chi connectivity index (χ4n) is 2.94. The maximum atomic E-state index is 14.1. The Morgan fingerprint density at radius 1 is 1.32 bits per heavy atom. The Bertz CT molecular complexity index is 664. The van der Waals surface area contributed by atoms with Crippen LogP contribution in [0.1, 0.15) is 39.2 Å². The van der Waals surface area contributed by atoms with Crippen LogP contribution in [0.15, 0.2) is 22.7 Å². The van der Waals surface area contributed by atoms with Crippen molar-refractivity contribution in [2.24, 2.45) is 5.41 Å². The van der Waals surface area contributed by atoms with Crippen molar-refractivity contribution in [2.75, 3.05) is 13.1 Å². The molecule has 0 aromatic heterocycles. The smallest absolute Gasteiger partial charge is 0.410 e. The molecule has 1 fully saturated rings. The van der Waals surface area contributed by atoms with Crippen molar-refractivity contribution in [1.29, 1.82) is 0 Å². The Morgan fingerprint density at radius 3 is 2.40 bits per heavy atom. The predicted octanol–water partition coefficient (Wildman–Crippen LogP) is 4.23. The van der Waals surface area contributed by atoms with Gasteiger partial charge in [0.2, 0.25) is 0 Å². The second-order valence-electron chi connectivity index (χ2n) is 7.47. The van der Waals surface area contributed by atoms with Gasteiger partial charge in [0.1, 0.15) is 11.4 Å². The summed E-state index contributed by atoms with van der Waals surface area (Å²) in [5.74, 6) is -1.39. The van der Waals surface area contributed by atoms with Gasteiger partial charge in [-0.3, -0.25) is 4.79 Å². The molecule has 2 rings (SSSR count). The van der Waals surface area contributed by atoms with E-state index in [9.17, 15) is 19.1 Å². The molecule has 0 saturated carbocycles. The Labute approximate surface area is 155 Å². The standard InChI is InChI=1S/C18H23BrFNO4/c1-17(2,3)25-16(24)21-8-6-18(7-9-21,15(22)23)11-12-4-5-13(19)10-14(12)20/h4-5,10H,6-9,11H2,1-3H3,(H,22,23). The highest BCUT2D eigenvalue weighted by atomic mass is 79.9. The SMILES string of the molecule is CC(C)(C)OC(=O)N1CCC(Cc2ccc(Br)cc2F)(C(=O)O)CC1. The molecular formula is C18H23BrFNO4. The minimum Gasteiger partial charge on any atom is -0.481 e. The van der Waals surface area contributed by atoms with Crippen LogP contribution < -0.4 is 0 Å². The Hall–Kier alpha value is -1.63. The van der Waals surface area contributed by atoms with Crippen molar-refractivity contribution in [2.45, 2.75) is 45.6 Å². The van der Waals surface area contributed by atoms with Crippen LogP contribution in [0.5, 0.6) is 0 Å².